The highest BCUT2D eigenvalue weighted by atomic mass is 19.4. The molecule has 0 spiro atoms. The lowest BCUT2D eigenvalue weighted by atomic mass is 9.97. The highest BCUT2D eigenvalue weighted by Crippen LogP contribution is 2.44. The third-order valence-electron chi connectivity index (χ3n) is 6.95. The Bertz CT molecular complexity index is 1330. The fraction of sp³-hybridized carbons (Fsp3) is 0.448. The zero-order chi connectivity index (χ0) is 32.1. The van der Waals surface area contributed by atoms with Crippen LogP contribution in [0.3, 0.4) is 0 Å². The topological polar surface area (TPSA) is 91.4 Å². The van der Waals surface area contributed by atoms with Gasteiger partial charge in [-0.05, 0) is 76.7 Å². The molecule has 1 amide bonds. The summed E-state index contributed by atoms with van der Waals surface area (Å²) >= 11 is 0. The molecular weight excluding hydrogens is 585 g/mol. The van der Waals surface area contributed by atoms with Gasteiger partial charge in [0.05, 0.1) is 17.2 Å². The normalized spacial score (nSPS) is 19.1. The minimum Gasteiger partial charge on any atom is -0.409 e. The predicted molar refractivity (Wildman–Crippen MR) is 148 cm³/mol. The number of ether oxygens (including phenoxy) is 1. The summed E-state index contributed by atoms with van der Waals surface area (Å²) < 4.78 is 103. The summed E-state index contributed by atoms with van der Waals surface area (Å²) in [6.07, 6.45) is -9.56. The molecule has 43 heavy (non-hydrogen) atoms. The second-order valence-electron chi connectivity index (χ2n) is 10.6. The van der Waals surface area contributed by atoms with Crippen LogP contribution in [-0.4, -0.2) is 61.1 Å². The summed E-state index contributed by atoms with van der Waals surface area (Å²) in [6, 6.07) is 4.00. The van der Waals surface area contributed by atoms with Gasteiger partial charge in [0.2, 0.25) is 0 Å². The van der Waals surface area contributed by atoms with Crippen molar-refractivity contribution in [2.24, 2.45) is 16.6 Å². The van der Waals surface area contributed by atoms with Crippen LogP contribution in [0.2, 0.25) is 0 Å². The summed E-state index contributed by atoms with van der Waals surface area (Å²) in [4.78, 5) is 20.3. The summed E-state index contributed by atoms with van der Waals surface area (Å²) in [6.45, 7) is 4.18. The molecule has 14 heteroatoms. The number of allylic oxidation sites excluding steroid dienone is 1. The lowest BCUT2D eigenvalue weighted by molar-refractivity contribution is -0.143. The van der Waals surface area contributed by atoms with E-state index in [4.69, 9.17) is 10.5 Å². The zero-order valence-corrected chi connectivity index (χ0v) is 23.7. The number of anilines is 1. The van der Waals surface area contributed by atoms with E-state index in [1.54, 1.807) is 0 Å². The SMILES string of the molecule is CC(C)N(C(=O)Oc1c(C(C=NCC2CCCN(C)CC2O)=CN)cc(C(F)(F)F)cc1C(F)(F)F)c1ccc(F)cc1. The number of rotatable bonds is 7. The van der Waals surface area contributed by atoms with Crippen LogP contribution in [0.5, 0.6) is 5.75 Å². The second-order valence-corrected chi connectivity index (χ2v) is 10.6. The van der Waals surface area contributed by atoms with Crippen molar-refractivity contribution in [2.45, 2.75) is 51.2 Å². The molecule has 1 aliphatic heterocycles. The molecule has 0 aliphatic carbocycles. The molecule has 2 aromatic carbocycles. The first-order valence-electron chi connectivity index (χ1n) is 13.4. The van der Waals surface area contributed by atoms with Crippen molar-refractivity contribution in [1.29, 1.82) is 0 Å². The molecule has 0 bridgehead atoms. The molecule has 3 rings (SSSR count). The third kappa shape index (κ3) is 8.69. The lowest BCUT2D eigenvalue weighted by Crippen LogP contribution is -2.39. The van der Waals surface area contributed by atoms with Gasteiger partial charge in [-0.2, -0.15) is 26.3 Å². The Balaban J connectivity index is 2.10. The van der Waals surface area contributed by atoms with Gasteiger partial charge in [-0.3, -0.25) is 9.89 Å². The van der Waals surface area contributed by atoms with Crippen molar-refractivity contribution in [3.63, 3.8) is 0 Å². The number of carbonyl (C=O) groups excluding carboxylic acids is 1. The highest BCUT2D eigenvalue weighted by Gasteiger charge is 2.42. The fourth-order valence-corrected chi connectivity index (χ4v) is 4.76. The molecule has 1 saturated heterocycles. The van der Waals surface area contributed by atoms with Gasteiger partial charge in [-0.1, -0.05) is 0 Å². The predicted octanol–water partition coefficient (Wildman–Crippen LogP) is 6.35. The number of hydrogen-bond acceptors (Lipinski definition) is 6. The molecule has 1 fully saturated rings. The maximum absolute atomic E-state index is 14.2. The van der Waals surface area contributed by atoms with Crippen LogP contribution < -0.4 is 15.4 Å². The van der Waals surface area contributed by atoms with Crippen LogP contribution in [0.25, 0.3) is 5.57 Å². The average Bonchev–Trinajstić information content (AvgIpc) is 3.05. The second kappa shape index (κ2) is 13.8. The first-order chi connectivity index (χ1) is 20.0. The molecule has 1 heterocycles. The van der Waals surface area contributed by atoms with E-state index in [1.165, 1.54) is 26.0 Å². The Hall–Kier alpha value is -3.65. The number of nitrogens with zero attached hydrogens (tertiary/aromatic N) is 3. The molecule has 3 N–H and O–H groups in total. The number of likely N-dealkylation sites (N-methyl/N-ethyl adjacent to an activating group) is 1. The number of nitrogens with two attached hydrogens (primary N) is 1. The van der Waals surface area contributed by atoms with E-state index in [-0.39, 0.29) is 29.8 Å². The number of halogens is 7. The van der Waals surface area contributed by atoms with Crippen molar-refractivity contribution in [3.05, 3.63) is 65.1 Å². The van der Waals surface area contributed by atoms with Crippen molar-refractivity contribution in [1.82, 2.24) is 4.90 Å². The molecule has 1 aliphatic rings. The summed E-state index contributed by atoms with van der Waals surface area (Å²) in [7, 11) is 1.84. The molecule has 2 aromatic rings. The van der Waals surface area contributed by atoms with Crippen LogP contribution in [-0.2, 0) is 12.4 Å². The number of aliphatic hydroxyl groups excluding tert-OH is 1. The molecule has 0 aromatic heterocycles. The molecule has 2 atom stereocenters. The standard InChI is InChI=1S/C29H33F7N4O3/c1-17(2)40(22-8-6-21(30)7-9-22)27(42)43-26-23(11-20(28(31,32)33)12-24(26)29(34,35)36)19(13-37)15-38-14-18-5-4-10-39(3)16-25(18)41/h6-9,11-13,15,17-18,25,41H,4-5,10,14,16,37H2,1-3H3. The Morgan fingerprint density at radius 2 is 1.81 bits per heavy atom. The fourth-order valence-electron chi connectivity index (χ4n) is 4.76. The van der Waals surface area contributed by atoms with Crippen molar-refractivity contribution >= 4 is 23.6 Å². The first kappa shape index (κ1) is 33.8. The molecule has 0 radical (unpaired) electrons. The van der Waals surface area contributed by atoms with E-state index >= 15 is 0 Å². The Morgan fingerprint density at radius 3 is 2.37 bits per heavy atom. The minimum absolute atomic E-state index is 0.0260. The van der Waals surface area contributed by atoms with Crippen LogP contribution in [0.4, 0.5) is 41.2 Å². The molecule has 236 valence electrons. The van der Waals surface area contributed by atoms with E-state index in [0.717, 1.165) is 42.4 Å². The van der Waals surface area contributed by atoms with E-state index in [1.807, 2.05) is 11.9 Å². The molecular formula is C29H33F7N4O3. The summed E-state index contributed by atoms with van der Waals surface area (Å²) in [5.74, 6) is -2.15. The average molecular weight is 619 g/mol. The van der Waals surface area contributed by atoms with E-state index in [0.29, 0.717) is 19.0 Å². The van der Waals surface area contributed by atoms with E-state index in [9.17, 15) is 40.6 Å². The Morgan fingerprint density at radius 1 is 1.16 bits per heavy atom. The van der Waals surface area contributed by atoms with Crippen LogP contribution in [0, 0.1) is 11.7 Å². The van der Waals surface area contributed by atoms with Crippen molar-refractivity contribution < 1.29 is 45.4 Å². The van der Waals surface area contributed by atoms with Gasteiger partial charge in [-0.25, -0.2) is 9.18 Å². The summed E-state index contributed by atoms with van der Waals surface area (Å²) in [5, 5.41) is 10.5. The summed E-state index contributed by atoms with van der Waals surface area (Å²) in [5.41, 5.74) is 1.09. The number of benzene rings is 2. The maximum atomic E-state index is 14.2. The molecule has 2 unspecified atom stereocenters. The number of carbonyl (C=O) groups is 1. The number of hydrogen-bond donors (Lipinski definition) is 2. The van der Waals surface area contributed by atoms with Gasteiger partial charge in [0, 0.05) is 54.3 Å². The van der Waals surface area contributed by atoms with Gasteiger partial charge >= 0.3 is 18.4 Å². The minimum atomic E-state index is -5.38. The van der Waals surface area contributed by atoms with Gasteiger partial charge in [0.25, 0.3) is 0 Å². The highest BCUT2D eigenvalue weighted by molar-refractivity contribution is 6.11. The quantitative estimate of drug-likeness (QED) is 0.279. The number of likely N-dealkylation sites (tertiary alicyclic amines) is 1. The monoisotopic (exact) mass is 618 g/mol. The van der Waals surface area contributed by atoms with Crippen LogP contribution in [0.1, 0.15) is 43.4 Å². The number of aliphatic hydroxyl groups is 1. The molecule has 0 saturated carbocycles. The number of alkyl halides is 6. The van der Waals surface area contributed by atoms with Gasteiger partial charge in [0.15, 0.2) is 5.75 Å². The zero-order valence-electron chi connectivity index (χ0n) is 23.7. The lowest BCUT2D eigenvalue weighted by Gasteiger charge is -2.27. The number of aliphatic imine (C=N–C) groups is 1. The van der Waals surface area contributed by atoms with Crippen LogP contribution in [0.15, 0.2) is 47.6 Å². The first-order valence-corrected chi connectivity index (χ1v) is 13.4. The molecule has 7 nitrogen and oxygen atoms in total. The third-order valence-corrected chi connectivity index (χ3v) is 6.95. The number of β-amino-alcohol motifs (C(OH)–C–C–N with tert-alkyl or cyclic N) is 1. The van der Waals surface area contributed by atoms with Crippen molar-refractivity contribution in [3.8, 4) is 5.75 Å². The van der Waals surface area contributed by atoms with E-state index in [2.05, 4.69) is 4.99 Å². The van der Waals surface area contributed by atoms with Gasteiger partial charge < -0.3 is 20.5 Å². The van der Waals surface area contributed by atoms with Crippen LogP contribution >= 0.6 is 0 Å². The van der Waals surface area contributed by atoms with E-state index < -0.39 is 58.8 Å². The number of amides is 1. The Labute approximate surface area is 244 Å². The van der Waals surface area contributed by atoms with Crippen molar-refractivity contribution in [2.75, 3.05) is 31.6 Å². The largest absolute Gasteiger partial charge is 0.420 e. The van der Waals surface area contributed by atoms with Gasteiger partial charge in [-0.15, -0.1) is 0 Å². The smallest absolute Gasteiger partial charge is 0.409 e. The van der Waals surface area contributed by atoms with Gasteiger partial charge in [0.1, 0.15) is 5.82 Å². The Kier molecular flexibility index (Phi) is 10.8. The maximum Gasteiger partial charge on any atom is 0.420 e.